The molecule has 2 aromatic carbocycles. The van der Waals surface area contributed by atoms with Crippen LogP contribution in [0.2, 0.25) is 5.02 Å². The summed E-state index contributed by atoms with van der Waals surface area (Å²) in [6, 6.07) is 15.0. The van der Waals surface area contributed by atoms with E-state index in [0.717, 1.165) is 11.1 Å². The van der Waals surface area contributed by atoms with Crippen LogP contribution in [0.4, 0.5) is 4.39 Å². The number of oxime groups is 1. The minimum atomic E-state index is -0.292. The fraction of sp³-hybridized carbons (Fsp3) is 0.0588. The molecule has 0 spiro atoms. The predicted molar refractivity (Wildman–Crippen MR) is 85.7 cm³/mol. The van der Waals surface area contributed by atoms with Gasteiger partial charge in [0, 0.05) is 16.7 Å². The first-order chi connectivity index (χ1) is 11.2. The van der Waals surface area contributed by atoms with Crippen LogP contribution in [0.3, 0.4) is 0 Å². The molecule has 0 amide bonds. The van der Waals surface area contributed by atoms with Gasteiger partial charge in [-0.25, -0.2) is 4.39 Å². The normalized spacial score (nSPS) is 11.0. The van der Waals surface area contributed by atoms with E-state index in [1.807, 2.05) is 12.1 Å². The smallest absolute Gasteiger partial charge is 0.177 e. The van der Waals surface area contributed by atoms with Crippen molar-refractivity contribution >= 4 is 17.8 Å². The predicted octanol–water partition coefficient (Wildman–Crippen LogP) is 4.68. The Morgan fingerprint density at radius 1 is 1.13 bits per heavy atom. The maximum Gasteiger partial charge on any atom is 0.177 e. The van der Waals surface area contributed by atoms with Gasteiger partial charge < -0.3 is 9.36 Å². The molecular weight excluding hydrogens is 319 g/mol. The van der Waals surface area contributed by atoms with Gasteiger partial charge in [-0.2, -0.15) is 0 Å². The third-order valence-electron chi connectivity index (χ3n) is 3.05. The number of hydrogen-bond acceptors (Lipinski definition) is 4. The Hall–Kier alpha value is -2.66. The SMILES string of the molecule is Fc1ccc(/C=N/OCc2cc(-c3ccc(Cl)cc3)no2)cc1. The molecule has 0 radical (unpaired) electrons. The van der Waals surface area contributed by atoms with Gasteiger partial charge in [0.15, 0.2) is 12.4 Å². The molecule has 3 aromatic rings. The molecule has 4 nitrogen and oxygen atoms in total. The zero-order valence-corrected chi connectivity index (χ0v) is 12.7. The average molecular weight is 331 g/mol. The van der Waals surface area contributed by atoms with Crippen LogP contribution in [0.1, 0.15) is 11.3 Å². The molecule has 3 rings (SSSR count). The lowest BCUT2D eigenvalue weighted by Crippen LogP contribution is -1.86. The van der Waals surface area contributed by atoms with Gasteiger partial charge in [0.2, 0.25) is 0 Å². The van der Waals surface area contributed by atoms with Crippen LogP contribution >= 0.6 is 11.6 Å². The molecule has 1 aromatic heterocycles. The monoisotopic (exact) mass is 330 g/mol. The maximum atomic E-state index is 12.8. The summed E-state index contributed by atoms with van der Waals surface area (Å²) in [5, 5.41) is 8.44. The molecule has 0 aliphatic carbocycles. The summed E-state index contributed by atoms with van der Waals surface area (Å²) in [5.74, 6) is 0.255. The van der Waals surface area contributed by atoms with Crippen molar-refractivity contribution < 1.29 is 13.8 Å². The van der Waals surface area contributed by atoms with Crippen LogP contribution in [-0.4, -0.2) is 11.4 Å². The van der Waals surface area contributed by atoms with E-state index in [-0.39, 0.29) is 12.4 Å². The van der Waals surface area contributed by atoms with E-state index in [0.29, 0.717) is 16.5 Å². The lowest BCUT2D eigenvalue weighted by Gasteiger charge is -1.95. The lowest BCUT2D eigenvalue weighted by molar-refractivity contribution is 0.110. The molecule has 116 valence electrons. The Morgan fingerprint density at radius 3 is 2.61 bits per heavy atom. The third kappa shape index (κ3) is 4.17. The van der Waals surface area contributed by atoms with Crippen LogP contribution < -0.4 is 0 Å². The first-order valence-electron chi connectivity index (χ1n) is 6.83. The van der Waals surface area contributed by atoms with Crippen LogP contribution in [0.25, 0.3) is 11.3 Å². The van der Waals surface area contributed by atoms with Crippen molar-refractivity contribution in [2.75, 3.05) is 0 Å². The van der Waals surface area contributed by atoms with Gasteiger partial charge in [-0.15, -0.1) is 0 Å². The molecule has 0 N–H and O–H groups in total. The Morgan fingerprint density at radius 2 is 1.87 bits per heavy atom. The number of hydrogen-bond donors (Lipinski definition) is 0. The van der Waals surface area contributed by atoms with Gasteiger partial charge >= 0.3 is 0 Å². The number of benzene rings is 2. The number of halogens is 2. The molecule has 0 atom stereocenters. The zero-order chi connectivity index (χ0) is 16.1. The minimum Gasteiger partial charge on any atom is -0.387 e. The van der Waals surface area contributed by atoms with E-state index >= 15 is 0 Å². The molecule has 6 heteroatoms. The molecule has 0 aliphatic heterocycles. The van der Waals surface area contributed by atoms with Gasteiger partial charge in [-0.1, -0.05) is 46.2 Å². The van der Waals surface area contributed by atoms with E-state index in [2.05, 4.69) is 10.3 Å². The highest BCUT2D eigenvalue weighted by Crippen LogP contribution is 2.21. The second-order valence-corrected chi connectivity index (χ2v) is 5.18. The van der Waals surface area contributed by atoms with Crippen molar-refractivity contribution in [1.29, 1.82) is 0 Å². The fourth-order valence-corrected chi connectivity index (χ4v) is 2.01. The molecular formula is C17H12ClFN2O2. The quantitative estimate of drug-likeness (QED) is 0.504. The minimum absolute atomic E-state index is 0.151. The Bertz CT molecular complexity index is 798. The molecule has 0 saturated heterocycles. The van der Waals surface area contributed by atoms with Gasteiger partial charge in [0.25, 0.3) is 0 Å². The average Bonchev–Trinajstić information content (AvgIpc) is 3.03. The van der Waals surface area contributed by atoms with Crippen LogP contribution in [0.15, 0.2) is 64.3 Å². The summed E-state index contributed by atoms with van der Waals surface area (Å²) < 4.78 is 17.9. The summed E-state index contributed by atoms with van der Waals surface area (Å²) in [4.78, 5) is 5.14. The molecule has 0 fully saturated rings. The van der Waals surface area contributed by atoms with Gasteiger partial charge in [-0.05, 0) is 29.8 Å². The van der Waals surface area contributed by atoms with Crippen LogP contribution in [0.5, 0.6) is 0 Å². The number of aromatic nitrogens is 1. The van der Waals surface area contributed by atoms with E-state index in [1.165, 1.54) is 18.3 Å². The lowest BCUT2D eigenvalue weighted by atomic mass is 10.1. The van der Waals surface area contributed by atoms with Crippen LogP contribution in [0, 0.1) is 5.82 Å². The standard InChI is InChI=1S/C17H12ClFN2O2/c18-14-5-3-13(4-6-14)17-9-16(23-21-17)11-22-20-10-12-1-7-15(19)8-2-12/h1-10H,11H2/b20-10+. The summed E-state index contributed by atoms with van der Waals surface area (Å²) in [6.07, 6.45) is 1.50. The fourth-order valence-electron chi connectivity index (χ4n) is 1.89. The molecule has 0 unspecified atom stereocenters. The van der Waals surface area contributed by atoms with Crippen molar-refractivity contribution in [3.05, 3.63) is 76.8 Å². The third-order valence-corrected chi connectivity index (χ3v) is 3.30. The van der Waals surface area contributed by atoms with Gasteiger partial charge in [0.05, 0.1) is 6.21 Å². The van der Waals surface area contributed by atoms with Crippen molar-refractivity contribution in [1.82, 2.24) is 5.16 Å². The van der Waals surface area contributed by atoms with Crippen molar-refractivity contribution in [2.45, 2.75) is 6.61 Å². The molecule has 0 aliphatic rings. The Balaban J connectivity index is 1.57. The molecule has 0 saturated carbocycles. The van der Waals surface area contributed by atoms with Gasteiger partial charge in [-0.3, -0.25) is 0 Å². The van der Waals surface area contributed by atoms with Crippen molar-refractivity contribution in [3.8, 4) is 11.3 Å². The highest BCUT2D eigenvalue weighted by molar-refractivity contribution is 6.30. The zero-order valence-electron chi connectivity index (χ0n) is 11.9. The summed E-state index contributed by atoms with van der Waals surface area (Å²) in [5.41, 5.74) is 2.34. The van der Waals surface area contributed by atoms with E-state index in [1.54, 1.807) is 30.3 Å². The molecule has 23 heavy (non-hydrogen) atoms. The first kappa shape index (κ1) is 15.2. The Kier molecular flexibility index (Phi) is 4.68. The summed E-state index contributed by atoms with van der Waals surface area (Å²) >= 11 is 5.85. The first-order valence-corrected chi connectivity index (χ1v) is 7.21. The van der Waals surface area contributed by atoms with E-state index in [9.17, 15) is 4.39 Å². The number of nitrogens with zero attached hydrogens (tertiary/aromatic N) is 2. The second kappa shape index (κ2) is 7.07. The second-order valence-electron chi connectivity index (χ2n) is 4.74. The molecule has 0 bridgehead atoms. The summed E-state index contributed by atoms with van der Waals surface area (Å²) in [6.45, 7) is 0.151. The topological polar surface area (TPSA) is 47.6 Å². The molecule has 1 heterocycles. The Labute approximate surface area is 137 Å². The van der Waals surface area contributed by atoms with Crippen molar-refractivity contribution in [3.63, 3.8) is 0 Å². The highest BCUT2D eigenvalue weighted by Gasteiger charge is 2.06. The van der Waals surface area contributed by atoms with E-state index < -0.39 is 0 Å². The largest absolute Gasteiger partial charge is 0.387 e. The highest BCUT2D eigenvalue weighted by atomic mass is 35.5. The van der Waals surface area contributed by atoms with Gasteiger partial charge in [0.1, 0.15) is 11.5 Å². The maximum absolute atomic E-state index is 12.8. The van der Waals surface area contributed by atoms with E-state index in [4.69, 9.17) is 21.0 Å². The summed E-state index contributed by atoms with van der Waals surface area (Å²) in [7, 11) is 0. The van der Waals surface area contributed by atoms with Crippen molar-refractivity contribution in [2.24, 2.45) is 5.16 Å². The van der Waals surface area contributed by atoms with Crippen LogP contribution in [-0.2, 0) is 11.4 Å². The number of rotatable bonds is 5.